The van der Waals surface area contributed by atoms with Gasteiger partial charge >= 0.3 is 0 Å². The summed E-state index contributed by atoms with van der Waals surface area (Å²) in [7, 11) is 0. The molecule has 0 amide bonds. The summed E-state index contributed by atoms with van der Waals surface area (Å²) in [5.41, 5.74) is 14.0. The van der Waals surface area contributed by atoms with Crippen molar-refractivity contribution in [1.29, 1.82) is 0 Å². The highest BCUT2D eigenvalue weighted by molar-refractivity contribution is 6.10. The topological polar surface area (TPSA) is 8.17 Å². The number of fused-ring (bicyclic) bond motifs is 5. The molecule has 2 nitrogen and oxygen atoms in total. The largest absolute Gasteiger partial charge is 0.310 e. The van der Waals surface area contributed by atoms with Crippen molar-refractivity contribution in [2.24, 2.45) is 0 Å². The zero-order valence-electron chi connectivity index (χ0n) is 31.8. The van der Waals surface area contributed by atoms with E-state index in [2.05, 4.69) is 240 Å². The van der Waals surface area contributed by atoms with Gasteiger partial charge in [0, 0.05) is 33.5 Å². The van der Waals surface area contributed by atoms with Crippen LogP contribution in [0, 0.1) is 0 Å². The Morgan fingerprint density at radius 3 is 1.48 bits per heavy atom. The fourth-order valence-corrected chi connectivity index (χ4v) is 8.63. The maximum absolute atomic E-state index is 2.39. The fraction of sp³-hybridized carbons (Fsp3) is 0. The zero-order chi connectivity index (χ0) is 38.4. The normalized spacial score (nSPS) is 11.4. The number of hydrogen-bond acceptors (Lipinski definition) is 1. The van der Waals surface area contributed by atoms with Crippen molar-refractivity contribution in [3.8, 4) is 39.1 Å². The first-order valence-corrected chi connectivity index (χ1v) is 19.9. The third kappa shape index (κ3) is 6.00. The van der Waals surface area contributed by atoms with Crippen molar-refractivity contribution in [1.82, 2.24) is 4.57 Å². The molecule has 11 aromatic rings. The van der Waals surface area contributed by atoms with Gasteiger partial charge in [0.15, 0.2) is 0 Å². The standard InChI is InChI=1S/C56H38N2/c1-3-12-39(13-4-1)43-16-11-19-51(37-43)57(52-32-33-54-53-20-9-10-21-55(53)58(56(54)38-52)49-17-5-2-6-18-49)50-30-28-41(29-31-50)44-24-25-47-36-48(27-26-46(47)35-44)45-23-22-40-14-7-8-15-42(40)34-45/h1-38H. The summed E-state index contributed by atoms with van der Waals surface area (Å²) in [5, 5.41) is 7.47. The van der Waals surface area contributed by atoms with Crippen molar-refractivity contribution in [2.75, 3.05) is 4.90 Å². The minimum atomic E-state index is 1.09. The highest BCUT2D eigenvalue weighted by Gasteiger charge is 2.18. The van der Waals surface area contributed by atoms with Crippen molar-refractivity contribution in [2.45, 2.75) is 0 Å². The maximum Gasteiger partial charge on any atom is 0.0561 e. The van der Waals surface area contributed by atoms with Gasteiger partial charge in [0.2, 0.25) is 0 Å². The van der Waals surface area contributed by atoms with Gasteiger partial charge in [-0.1, -0.05) is 158 Å². The first kappa shape index (κ1) is 33.6. The van der Waals surface area contributed by atoms with Crippen LogP contribution in [0.15, 0.2) is 231 Å². The summed E-state index contributed by atoms with van der Waals surface area (Å²) in [5.74, 6) is 0. The number of nitrogens with zero attached hydrogens (tertiary/aromatic N) is 2. The van der Waals surface area contributed by atoms with Gasteiger partial charge in [0.05, 0.1) is 11.0 Å². The molecule has 1 aromatic heterocycles. The molecule has 0 spiro atoms. The lowest BCUT2D eigenvalue weighted by molar-refractivity contribution is 1.18. The first-order chi connectivity index (χ1) is 28.7. The maximum atomic E-state index is 2.39. The Morgan fingerprint density at radius 2 is 0.741 bits per heavy atom. The number of aromatic nitrogens is 1. The number of anilines is 3. The lowest BCUT2D eigenvalue weighted by Crippen LogP contribution is -2.10. The molecule has 0 bridgehead atoms. The minimum absolute atomic E-state index is 1.09. The third-order valence-corrected chi connectivity index (χ3v) is 11.5. The molecule has 0 fully saturated rings. The molecular formula is C56H38N2. The average Bonchev–Trinajstić information content (AvgIpc) is 3.63. The van der Waals surface area contributed by atoms with Crippen LogP contribution in [0.1, 0.15) is 0 Å². The van der Waals surface area contributed by atoms with Gasteiger partial charge in [-0.25, -0.2) is 0 Å². The van der Waals surface area contributed by atoms with Crippen LogP contribution in [0.2, 0.25) is 0 Å². The van der Waals surface area contributed by atoms with Crippen molar-refractivity contribution in [3.63, 3.8) is 0 Å². The molecule has 0 saturated heterocycles. The molecule has 1 heterocycles. The Morgan fingerprint density at radius 1 is 0.259 bits per heavy atom. The van der Waals surface area contributed by atoms with Crippen LogP contribution in [-0.4, -0.2) is 4.57 Å². The molecule has 0 aliphatic heterocycles. The predicted molar refractivity (Wildman–Crippen MR) is 247 cm³/mol. The zero-order valence-corrected chi connectivity index (χ0v) is 31.8. The van der Waals surface area contributed by atoms with Crippen LogP contribution in [-0.2, 0) is 0 Å². The highest BCUT2D eigenvalue weighted by atomic mass is 15.1. The van der Waals surface area contributed by atoms with E-state index in [9.17, 15) is 0 Å². The molecule has 0 aliphatic carbocycles. The Hall–Kier alpha value is -7.68. The van der Waals surface area contributed by atoms with E-state index in [1.54, 1.807) is 0 Å². The molecule has 0 unspecified atom stereocenters. The van der Waals surface area contributed by atoms with Gasteiger partial charge < -0.3 is 9.47 Å². The van der Waals surface area contributed by atoms with E-state index in [1.807, 2.05) is 0 Å². The monoisotopic (exact) mass is 738 g/mol. The molecule has 0 radical (unpaired) electrons. The molecule has 11 rings (SSSR count). The van der Waals surface area contributed by atoms with Crippen LogP contribution >= 0.6 is 0 Å². The van der Waals surface area contributed by atoms with E-state index in [4.69, 9.17) is 0 Å². The summed E-state index contributed by atoms with van der Waals surface area (Å²) in [6.07, 6.45) is 0. The first-order valence-electron chi connectivity index (χ1n) is 19.9. The summed E-state index contributed by atoms with van der Waals surface area (Å²) in [6.45, 7) is 0. The average molecular weight is 739 g/mol. The molecule has 10 aromatic carbocycles. The summed E-state index contributed by atoms with van der Waals surface area (Å²) >= 11 is 0. The second-order valence-electron chi connectivity index (χ2n) is 15.0. The van der Waals surface area contributed by atoms with E-state index in [1.165, 1.54) is 76.7 Å². The lowest BCUT2D eigenvalue weighted by atomic mass is 9.96. The lowest BCUT2D eigenvalue weighted by Gasteiger charge is -2.26. The Bertz CT molecular complexity index is 3270. The minimum Gasteiger partial charge on any atom is -0.310 e. The van der Waals surface area contributed by atoms with Gasteiger partial charge in [0.25, 0.3) is 0 Å². The molecule has 0 aliphatic rings. The van der Waals surface area contributed by atoms with Crippen molar-refractivity contribution in [3.05, 3.63) is 231 Å². The summed E-state index contributed by atoms with van der Waals surface area (Å²) in [4.78, 5) is 2.39. The fourth-order valence-electron chi connectivity index (χ4n) is 8.63. The van der Waals surface area contributed by atoms with Crippen molar-refractivity contribution >= 4 is 60.4 Å². The SMILES string of the molecule is c1ccc(-c2cccc(N(c3ccc(-c4ccc5cc(-c6ccc7ccccc7c6)ccc5c4)cc3)c3ccc4c5ccccc5n(-c5ccccc5)c4c3)c2)cc1. The van der Waals surface area contributed by atoms with Crippen LogP contribution in [0.4, 0.5) is 17.1 Å². The predicted octanol–water partition coefficient (Wildman–Crippen LogP) is 15.6. The molecule has 0 N–H and O–H groups in total. The van der Waals surface area contributed by atoms with Crippen LogP contribution in [0.25, 0.3) is 82.4 Å². The number of benzene rings is 10. The second-order valence-corrected chi connectivity index (χ2v) is 15.0. The molecular weight excluding hydrogens is 701 g/mol. The quantitative estimate of drug-likeness (QED) is 0.158. The molecule has 0 saturated carbocycles. The van der Waals surface area contributed by atoms with Crippen molar-refractivity contribution < 1.29 is 0 Å². The van der Waals surface area contributed by atoms with E-state index in [0.717, 1.165) is 22.7 Å². The van der Waals surface area contributed by atoms with Gasteiger partial charge in [-0.3, -0.25) is 0 Å². The highest BCUT2D eigenvalue weighted by Crippen LogP contribution is 2.41. The smallest absolute Gasteiger partial charge is 0.0561 e. The number of para-hydroxylation sites is 2. The molecule has 58 heavy (non-hydrogen) atoms. The van der Waals surface area contributed by atoms with Gasteiger partial charge in [-0.2, -0.15) is 0 Å². The van der Waals surface area contributed by atoms with Crippen LogP contribution in [0.3, 0.4) is 0 Å². The third-order valence-electron chi connectivity index (χ3n) is 11.5. The molecule has 2 heteroatoms. The Balaban J connectivity index is 0.998. The van der Waals surface area contributed by atoms with E-state index in [-0.39, 0.29) is 0 Å². The Labute approximate surface area is 338 Å². The van der Waals surface area contributed by atoms with Crippen LogP contribution in [0.5, 0.6) is 0 Å². The second kappa shape index (κ2) is 14.1. The van der Waals surface area contributed by atoms with Gasteiger partial charge in [-0.05, 0) is 128 Å². The summed E-state index contributed by atoms with van der Waals surface area (Å²) in [6, 6.07) is 83.7. The Kier molecular flexibility index (Phi) is 8.19. The summed E-state index contributed by atoms with van der Waals surface area (Å²) < 4.78 is 2.39. The van der Waals surface area contributed by atoms with E-state index in [0.29, 0.717) is 0 Å². The number of rotatable bonds is 7. The molecule has 272 valence electrons. The van der Waals surface area contributed by atoms with Gasteiger partial charge in [0.1, 0.15) is 0 Å². The molecule has 0 atom stereocenters. The van der Waals surface area contributed by atoms with E-state index < -0.39 is 0 Å². The van der Waals surface area contributed by atoms with Crippen LogP contribution < -0.4 is 4.90 Å². The number of hydrogen-bond donors (Lipinski definition) is 0. The van der Waals surface area contributed by atoms with Gasteiger partial charge in [-0.15, -0.1) is 0 Å². The van der Waals surface area contributed by atoms with E-state index >= 15 is 0 Å².